The first-order chi connectivity index (χ1) is 9.95. The highest BCUT2D eigenvalue weighted by Crippen LogP contribution is 2.23. The van der Waals surface area contributed by atoms with Gasteiger partial charge in [-0.1, -0.05) is 40.9 Å². The summed E-state index contributed by atoms with van der Waals surface area (Å²) >= 11 is 17.3. The molecule has 0 heterocycles. The molecule has 0 bridgehead atoms. The number of carbonyl (C=O) groups is 1. The second-order valence-corrected chi connectivity index (χ2v) is 5.35. The SMILES string of the molecule is O=C(C=Cc1ccc(Cl)c(Cl)c1)Nc1ccc(F)c(Cl)c1. The third kappa shape index (κ3) is 4.46. The van der Waals surface area contributed by atoms with E-state index in [-0.39, 0.29) is 10.9 Å². The first-order valence-corrected chi connectivity index (χ1v) is 6.98. The summed E-state index contributed by atoms with van der Waals surface area (Å²) < 4.78 is 13.0. The van der Waals surface area contributed by atoms with Crippen molar-refractivity contribution in [2.75, 3.05) is 5.32 Å². The summed E-state index contributed by atoms with van der Waals surface area (Å²) in [4.78, 5) is 11.7. The molecule has 2 nitrogen and oxygen atoms in total. The van der Waals surface area contributed by atoms with Crippen molar-refractivity contribution in [1.29, 1.82) is 0 Å². The van der Waals surface area contributed by atoms with Crippen molar-refractivity contribution in [3.8, 4) is 0 Å². The van der Waals surface area contributed by atoms with Gasteiger partial charge in [0, 0.05) is 11.8 Å². The number of hydrogen-bond acceptors (Lipinski definition) is 1. The zero-order valence-corrected chi connectivity index (χ0v) is 12.8. The Hall–Kier alpha value is -1.55. The molecule has 2 rings (SSSR count). The average molecular weight is 345 g/mol. The van der Waals surface area contributed by atoms with Gasteiger partial charge >= 0.3 is 0 Å². The minimum atomic E-state index is -0.541. The van der Waals surface area contributed by atoms with Crippen LogP contribution in [0.1, 0.15) is 5.56 Å². The number of rotatable bonds is 3. The summed E-state index contributed by atoms with van der Waals surface area (Å²) in [6.07, 6.45) is 2.92. The van der Waals surface area contributed by atoms with Crippen molar-refractivity contribution in [3.05, 3.63) is 68.9 Å². The number of hydrogen-bond donors (Lipinski definition) is 1. The molecule has 0 atom stereocenters. The monoisotopic (exact) mass is 343 g/mol. The maximum atomic E-state index is 13.0. The minimum Gasteiger partial charge on any atom is -0.322 e. The van der Waals surface area contributed by atoms with E-state index in [1.54, 1.807) is 24.3 Å². The van der Waals surface area contributed by atoms with Crippen molar-refractivity contribution in [2.45, 2.75) is 0 Å². The molecule has 2 aromatic carbocycles. The number of anilines is 1. The topological polar surface area (TPSA) is 29.1 Å². The summed E-state index contributed by atoms with van der Waals surface area (Å²) in [5.41, 5.74) is 1.14. The van der Waals surface area contributed by atoms with E-state index in [1.165, 1.54) is 24.3 Å². The van der Waals surface area contributed by atoms with Gasteiger partial charge in [0.05, 0.1) is 15.1 Å². The molecule has 1 amide bonds. The zero-order valence-electron chi connectivity index (χ0n) is 10.5. The van der Waals surface area contributed by atoms with Crippen LogP contribution in [0.3, 0.4) is 0 Å². The van der Waals surface area contributed by atoms with Crippen LogP contribution in [0.25, 0.3) is 6.08 Å². The van der Waals surface area contributed by atoms with Crippen molar-refractivity contribution in [3.63, 3.8) is 0 Å². The molecule has 0 aliphatic heterocycles. The Morgan fingerprint density at radius 2 is 1.76 bits per heavy atom. The molecule has 1 N–H and O–H groups in total. The standard InChI is InChI=1S/C15H9Cl3FNO/c16-11-4-1-9(7-12(11)17)2-6-15(21)20-10-3-5-14(19)13(18)8-10/h1-8H,(H,20,21). The fourth-order valence-electron chi connectivity index (χ4n) is 1.55. The molecule has 0 aromatic heterocycles. The molecule has 0 fully saturated rings. The first-order valence-electron chi connectivity index (χ1n) is 5.85. The van der Waals surface area contributed by atoms with E-state index in [2.05, 4.69) is 5.32 Å². The maximum absolute atomic E-state index is 13.0. The van der Waals surface area contributed by atoms with Crippen LogP contribution in [0, 0.1) is 5.82 Å². The van der Waals surface area contributed by atoms with Crippen molar-refractivity contribution in [2.24, 2.45) is 0 Å². The highest BCUT2D eigenvalue weighted by atomic mass is 35.5. The van der Waals surface area contributed by atoms with Crippen LogP contribution < -0.4 is 5.32 Å². The van der Waals surface area contributed by atoms with Crippen LogP contribution in [-0.2, 0) is 4.79 Å². The molecule has 0 saturated carbocycles. The number of amides is 1. The average Bonchev–Trinajstić information content (AvgIpc) is 2.44. The van der Waals surface area contributed by atoms with Crippen LogP contribution in [0.4, 0.5) is 10.1 Å². The fraction of sp³-hybridized carbons (Fsp3) is 0. The van der Waals surface area contributed by atoms with Gasteiger partial charge in [-0.3, -0.25) is 4.79 Å². The van der Waals surface area contributed by atoms with E-state index in [9.17, 15) is 9.18 Å². The normalized spacial score (nSPS) is 10.9. The molecule has 2 aromatic rings. The Kier molecular flexibility index (Phi) is 5.23. The largest absolute Gasteiger partial charge is 0.322 e. The smallest absolute Gasteiger partial charge is 0.248 e. The molecule has 0 radical (unpaired) electrons. The van der Waals surface area contributed by atoms with Crippen LogP contribution in [0.15, 0.2) is 42.5 Å². The van der Waals surface area contributed by atoms with Gasteiger partial charge < -0.3 is 5.32 Å². The van der Waals surface area contributed by atoms with E-state index >= 15 is 0 Å². The molecule has 108 valence electrons. The Balaban J connectivity index is 2.05. The van der Waals surface area contributed by atoms with Gasteiger partial charge in [-0.05, 0) is 42.0 Å². The van der Waals surface area contributed by atoms with Crippen LogP contribution in [-0.4, -0.2) is 5.91 Å². The summed E-state index contributed by atoms with van der Waals surface area (Å²) in [6.45, 7) is 0. The van der Waals surface area contributed by atoms with E-state index < -0.39 is 5.82 Å². The second-order valence-electron chi connectivity index (χ2n) is 4.13. The summed E-state index contributed by atoms with van der Waals surface area (Å²) in [6, 6.07) is 8.95. The number of nitrogens with one attached hydrogen (secondary N) is 1. The van der Waals surface area contributed by atoms with Gasteiger partial charge in [0.25, 0.3) is 0 Å². The second kappa shape index (κ2) is 6.94. The molecular weight excluding hydrogens is 336 g/mol. The number of halogens is 4. The zero-order chi connectivity index (χ0) is 15.4. The van der Waals surface area contributed by atoms with Crippen LogP contribution in [0.2, 0.25) is 15.1 Å². The molecule has 6 heteroatoms. The molecule has 0 aliphatic carbocycles. The van der Waals surface area contributed by atoms with Crippen molar-refractivity contribution in [1.82, 2.24) is 0 Å². The Morgan fingerprint density at radius 1 is 1.00 bits per heavy atom. The fourth-order valence-corrected chi connectivity index (χ4v) is 2.03. The third-order valence-electron chi connectivity index (χ3n) is 2.56. The van der Waals surface area contributed by atoms with E-state index in [4.69, 9.17) is 34.8 Å². The lowest BCUT2D eigenvalue weighted by Gasteiger charge is -2.03. The summed E-state index contributed by atoms with van der Waals surface area (Å²) in [5, 5.41) is 3.37. The van der Waals surface area contributed by atoms with Crippen LogP contribution in [0.5, 0.6) is 0 Å². The molecule has 0 spiro atoms. The predicted octanol–water partition coefficient (Wildman–Crippen LogP) is 5.44. The van der Waals surface area contributed by atoms with E-state index in [0.717, 1.165) is 5.56 Å². The highest BCUT2D eigenvalue weighted by molar-refractivity contribution is 6.42. The van der Waals surface area contributed by atoms with Gasteiger partial charge in [-0.2, -0.15) is 0 Å². The summed E-state index contributed by atoms with van der Waals surface area (Å²) in [5.74, 6) is -0.912. The number of carbonyl (C=O) groups excluding carboxylic acids is 1. The van der Waals surface area contributed by atoms with Crippen LogP contribution >= 0.6 is 34.8 Å². The Morgan fingerprint density at radius 3 is 2.43 bits per heavy atom. The van der Waals surface area contributed by atoms with Gasteiger partial charge in [0.2, 0.25) is 5.91 Å². The lowest BCUT2D eigenvalue weighted by molar-refractivity contribution is -0.111. The maximum Gasteiger partial charge on any atom is 0.248 e. The first kappa shape index (κ1) is 15.8. The van der Waals surface area contributed by atoms with E-state index in [0.29, 0.717) is 15.7 Å². The lowest BCUT2D eigenvalue weighted by atomic mass is 10.2. The van der Waals surface area contributed by atoms with Gasteiger partial charge in [0.15, 0.2) is 0 Å². The molecular formula is C15H9Cl3FNO. The molecule has 0 saturated heterocycles. The van der Waals surface area contributed by atoms with Gasteiger partial charge in [0.1, 0.15) is 5.82 Å². The van der Waals surface area contributed by atoms with Gasteiger partial charge in [-0.15, -0.1) is 0 Å². The molecule has 0 unspecified atom stereocenters. The van der Waals surface area contributed by atoms with Crippen molar-refractivity contribution >= 4 is 52.5 Å². The highest BCUT2D eigenvalue weighted by Gasteiger charge is 2.03. The minimum absolute atomic E-state index is 0.0544. The number of benzene rings is 2. The summed E-state index contributed by atoms with van der Waals surface area (Å²) in [7, 11) is 0. The molecule has 21 heavy (non-hydrogen) atoms. The Labute approximate surface area is 136 Å². The molecule has 0 aliphatic rings. The lowest BCUT2D eigenvalue weighted by Crippen LogP contribution is -2.07. The Bertz CT molecular complexity index is 716. The van der Waals surface area contributed by atoms with E-state index in [1.807, 2.05) is 0 Å². The quantitative estimate of drug-likeness (QED) is 0.738. The predicted molar refractivity (Wildman–Crippen MR) is 85.5 cm³/mol. The van der Waals surface area contributed by atoms with Crippen molar-refractivity contribution < 1.29 is 9.18 Å². The van der Waals surface area contributed by atoms with Gasteiger partial charge in [-0.25, -0.2) is 4.39 Å². The third-order valence-corrected chi connectivity index (χ3v) is 3.59.